The first kappa shape index (κ1) is 15.3. The van der Waals surface area contributed by atoms with Crippen LogP contribution in [0.3, 0.4) is 0 Å². The smallest absolute Gasteiger partial charge is 0.178 e. The minimum absolute atomic E-state index is 0.0112. The van der Waals surface area contributed by atoms with Crippen molar-refractivity contribution in [1.29, 1.82) is 0 Å². The summed E-state index contributed by atoms with van der Waals surface area (Å²) in [5, 5.41) is 9.62. The van der Waals surface area contributed by atoms with Crippen molar-refractivity contribution in [1.82, 2.24) is 0 Å². The standard InChI is InChI=1S/C15H15FO4S/c1-3-21(18,19)12-5-7-14(10(2)8-12)20-15-9-11(16)4-6-13(15)17/h4-9,17H,3H2,1-2H3. The first-order valence-electron chi connectivity index (χ1n) is 6.33. The van der Waals surface area contributed by atoms with Gasteiger partial charge in [0.1, 0.15) is 11.6 Å². The number of hydrogen-bond donors (Lipinski definition) is 1. The van der Waals surface area contributed by atoms with Crippen molar-refractivity contribution in [3.63, 3.8) is 0 Å². The lowest BCUT2D eigenvalue weighted by atomic mass is 10.2. The van der Waals surface area contributed by atoms with E-state index in [9.17, 15) is 17.9 Å². The molecule has 0 aliphatic rings. The number of ether oxygens (including phenoxy) is 1. The minimum atomic E-state index is -3.29. The Morgan fingerprint density at radius 3 is 2.48 bits per heavy atom. The summed E-state index contributed by atoms with van der Waals surface area (Å²) in [6.45, 7) is 3.25. The van der Waals surface area contributed by atoms with Gasteiger partial charge in [0.05, 0.1) is 10.6 Å². The van der Waals surface area contributed by atoms with Crippen LogP contribution in [-0.4, -0.2) is 19.3 Å². The summed E-state index contributed by atoms with van der Waals surface area (Å²) in [6.07, 6.45) is 0. The fourth-order valence-corrected chi connectivity index (χ4v) is 2.75. The summed E-state index contributed by atoms with van der Waals surface area (Å²) >= 11 is 0. The Kier molecular flexibility index (Phi) is 4.18. The monoisotopic (exact) mass is 310 g/mol. The van der Waals surface area contributed by atoms with E-state index in [0.29, 0.717) is 11.3 Å². The molecule has 0 atom stereocenters. The Labute approximate surface area is 122 Å². The summed E-state index contributed by atoms with van der Waals surface area (Å²) < 4.78 is 42.2. The molecular formula is C15H15FO4S. The van der Waals surface area contributed by atoms with Gasteiger partial charge in [-0.05, 0) is 42.8 Å². The van der Waals surface area contributed by atoms with Crippen LogP contribution in [0.4, 0.5) is 4.39 Å². The zero-order valence-corrected chi connectivity index (χ0v) is 12.4. The van der Waals surface area contributed by atoms with Gasteiger partial charge in [-0.1, -0.05) is 6.92 Å². The fraction of sp³-hybridized carbons (Fsp3) is 0.200. The Bertz CT molecular complexity index is 769. The van der Waals surface area contributed by atoms with Crippen molar-refractivity contribution in [2.45, 2.75) is 18.7 Å². The number of halogens is 1. The molecule has 0 fully saturated rings. The van der Waals surface area contributed by atoms with Crippen molar-refractivity contribution in [2.75, 3.05) is 5.75 Å². The molecular weight excluding hydrogens is 295 g/mol. The number of phenols is 1. The van der Waals surface area contributed by atoms with Crippen LogP contribution in [0.25, 0.3) is 0 Å². The average Bonchev–Trinajstić information content (AvgIpc) is 2.44. The first-order valence-corrected chi connectivity index (χ1v) is 7.98. The van der Waals surface area contributed by atoms with Crippen molar-refractivity contribution in [3.8, 4) is 17.2 Å². The Hall–Kier alpha value is -2.08. The third-order valence-electron chi connectivity index (χ3n) is 3.03. The predicted molar refractivity (Wildman–Crippen MR) is 77.0 cm³/mol. The summed E-state index contributed by atoms with van der Waals surface area (Å²) in [6, 6.07) is 7.78. The molecule has 1 N–H and O–H groups in total. The molecule has 0 bridgehead atoms. The van der Waals surface area contributed by atoms with Crippen LogP contribution in [0.2, 0.25) is 0 Å². The number of hydrogen-bond acceptors (Lipinski definition) is 4. The van der Waals surface area contributed by atoms with E-state index in [4.69, 9.17) is 4.74 Å². The maximum Gasteiger partial charge on any atom is 0.178 e. The highest BCUT2D eigenvalue weighted by Gasteiger charge is 2.14. The van der Waals surface area contributed by atoms with Crippen LogP contribution in [0, 0.1) is 12.7 Å². The minimum Gasteiger partial charge on any atom is -0.504 e. The second kappa shape index (κ2) is 5.73. The second-order valence-electron chi connectivity index (χ2n) is 4.54. The quantitative estimate of drug-likeness (QED) is 0.939. The SMILES string of the molecule is CCS(=O)(=O)c1ccc(Oc2cc(F)ccc2O)c(C)c1. The third-order valence-corrected chi connectivity index (χ3v) is 4.76. The summed E-state index contributed by atoms with van der Waals surface area (Å²) in [4.78, 5) is 0.207. The number of sulfone groups is 1. The van der Waals surface area contributed by atoms with Gasteiger partial charge in [0, 0.05) is 6.07 Å². The van der Waals surface area contributed by atoms with Gasteiger partial charge in [-0.25, -0.2) is 12.8 Å². The molecule has 0 unspecified atom stereocenters. The van der Waals surface area contributed by atoms with Gasteiger partial charge < -0.3 is 9.84 Å². The molecule has 6 heteroatoms. The zero-order valence-electron chi connectivity index (χ0n) is 11.6. The van der Waals surface area contributed by atoms with Gasteiger partial charge in [0.2, 0.25) is 0 Å². The van der Waals surface area contributed by atoms with Crippen LogP contribution < -0.4 is 4.74 Å². The number of rotatable bonds is 4. The third kappa shape index (κ3) is 3.33. The lowest BCUT2D eigenvalue weighted by Gasteiger charge is -2.11. The molecule has 0 spiro atoms. The van der Waals surface area contributed by atoms with Crippen molar-refractivity contribution >= 4 is 9.84 Å². The molecule has 4 nitrogen and oxygen atoms in total. The molecule has 0 saturated carbocycles. The molecule has 21 heavy (non-hydrogen) atoms. The topological polar surface area (TPSA) is 63.6 Å². The maximum absolute atomic E-state index is 13.1. The first-order chi connectivity index (χ1) is 9.83. The molecule has 0 aliphatic heterocycles. The van der Waals surface area contributed by atoms with E-state index in [1.54, 1.807) is 13.8 Å². The van der Waals surface area contributed by atoms with E-state index in [0.717, 1.165) is 12.1 Å². The molecule has 0 saturated heterocycles. The van der Waals surface area contributed by atoms with Crippen molar-refractivity contribution < 1.29 is 22.7 Å². The van der Waals surface area contributed by atoms with E-state index < -0.39 is 15.7 Å². The second-order valence-corrected chi connectivity index (χ2v) is 6.82. The highest BCUT2D eigenvalue weighted by molar-refractivity contribution is 7.91. The van der Waals surface area contributed by atoms with E-state index in [2.05, 4.69) is 0 Å². The number of aromatic hydroxyl groups is 1. The van der Waals surface area contributed by atoms with E-state index in [-0.39, 0.29) is 22.1 Å². The van der Waals surface area contributed by atoms with E-state index in [1.165, 1.54) is 24.3 Å². The van der Waals surface area contributed by atoms with Crippen LogP contribution in [-0.2, 0) is 9.84 Å². The van der Waals surface area contributed by atoms with Crippen molar-refractivity contribution in [3.05, 3.63) is 47.8 Å². The summed E-state index contributed by atoms with van der Waals surface area (Å²) in [5.74, 6) is -0.390. The Morgan fingerprint density at radius 1 is 1.14 bits per heavy atom. The highest BCUT2D eigenvalue weighted by Crippen LogP contribution is 2.33. The number of aryl methyl sites for hydroxylation is 1. The van der Waals surface area contributed by atoms with E-state index in [1.807, 2.05) is 0 Å². The fourth-order valence-electron chi connectivity index (χ4n) is 1.78. The molecule has 0 amide bonds. The largest absolute Gasteiger partial charge is 0.504 e. The van der Waals surface area contributed by atoms with Gasteiger partial charge in [0.25, 0.3) is 0 Å². The average molecular weight is 310 g/mol. The Balaban J connectivity index is 2.36. The van der Waals surface area contributed by atoms with E-state index >= 15 is 0 Å². The molecule has 0 radical (unpaired) electrons. The zero-order chi connectivity index (χ0) is 15.6. The molecule has 112 valence electrons. The van der Waals surface area contributed by atoms with Gasteiger partial charge in [-0.2, -0.15) is 0 Å². The lowest BCUT2D eigenvalue weighted by molar-refractivity contribution is 0.406. The molecule has 2 rings (SSSR count). The molecule has 2 aromatic carbocycles. The number of benzene rings is 2. The summed E-state index contributed by atoms with van der Waals surface area (Å²) in [7, 11) is -3.29. The van der Waals surface area contributed by atoms with Gasteiger partial charge in [-0.3, -0.25) is 0 Å². The van der Waals surface area contributed by atoms with Gasteiger partial charge in [-0.15, -0.1) is 0 Å². The predicted octanol–water partition coefficient (Wildman–Crippen LogP) is 3.43. The van der Waals surface area contributed by atoms with Gasteiger partial charge in [0.15, 0.2) is 21.3 Å². The lowest BCUT2D eigenvalue weighted by Crippen LogP contribution is -2.04. The summed E-state index contributed by atoms with van der Waals surface area (Å²) in [5.41, 5.74) is 0.577. The highest BCUT2D eigenvalue weighted by atomic mass is 32.2. The molecule has 0 aromatic heterocycles. The molecule has 2 aromatic rings. The maximum atomic E-state index is 13.1. The van der Waals surface area contributed by atoms with Crippen LogP contribution in [0.15, 0.2) is 41.3 Å². The van der Waals surface area contributed by atoms with Crippen LogP contribution in [0.5, 0.6) is 17.2 Å². The molecule has 0 heterocycles. The van der Waals surface area contributed by atoms with Crippen molar-refractivity contribution in [2.24, 2.45) is 0 Å². The van der Waals surface area contributed by atoms with Gasteiger partial charge >= 0.3 is 0 Å². The normalized spacial score (nSPS) is 11.4. The molecule has 0 aliphatic carbocycles. The Morgan fingerprint density at radius 2 is 1.86 bits per heavy atom. The number of phenolic OH excluding ortho intramolecular Hbond substituents is 1. The van der Waals surface area contributed by atoms with Crippen LogP contribution >= 0.6 is 0 Å². The van der Waals surface area contributed by atoms with Crippen LogP contribution in [0.1, 0.15) is 12.5 Å².